The van der Waals surface area contributed by atoms with Gasteiger partial charge in [0.05, 0.1) is 18.4 Å². The van der Waals surface area contributed by atoms with Gasteiger partial charge in [-0.3, -0.25) is 14.5 Å². The summed E-state index contributed by atoms with van der Waals surface area (Å²) in [7, 11) is 0. The second kappa shape index (κ2) is 10.0. The molecule has 0 bridgehead atoms. The molecule has 0 saturated carbocycles. The number of likely N-dealkylation sites (tertiary alicyclic amines) is 1. The summed E-state index contributed by atoms with van der Waals surface area (Å²) in [4.78, 5) is 31.6. The van der Waals surface area contributed by atoms with Crippen molar-refractivity contribution in [3.8, 4) is 6.07 Å². The Morgan fingerprint density at radius 1 is 1.10 bits per heavy atom. The van der Waals surface area contributed by atoms with E-state index in [9.17, 15) is 19.2 Å². The van der Waals surface area contributed by atoms with Gasteiger partial charge in [-0.2, -0.15) is 5.26 Å². The zero-order valence-electron chi connectivity index (χ0n) is 17.9. The number of carbonyl (C=O) groups excluding carboxylic acids is 2. The van der Waals surface area contributed by atoms with Crippen LogP contribution in [0.5, 0.6) is 0 Å². The first kappa shape index (κ1) is 22.2. The van der Waals surface area contributed by atoms with Crippen LogP contribution in [-0.4, -0.2) is 71.8 Å². The molecule has 0 radical (unpaired) electrons. The molecular weight excluding hydrogens is 383 g/mol. The zero-order valence-corrected chi connectivity index (χ0v) is 17.9. The fourth-order valence-electron chi connectivity index (χ4n) is 4.42. The fourth-order valence-corrected chi connectivity index (χ4v) is 4.42. The highest BCUT2D eigenvalue weighted by Gasteiger charge is 2.34. The minimum absolute atomic E-state index is 0.0160. The highest BCUT2D eigenvalue weighted by molar-refractivity contribution is 5.82. The fraction of sp³-hybridized carbons (Fsp3) is 0.609. The first-order chi connectivity index (χ1) is 14.4. The number of rotatable bonds is 5. The van der Waals surface area contributed by atoms with Crippen molar-refractivity contribution in [2.24, 2.45) is 11.8 Å². The third-order valence-corrected chi connectivity index (χ3v) is 6.18. The quantitative estimate of drug-likeness (QED) is 0.742. The van der Waals surface area contributed by atoms with E-state index >= 15 is 0 Å². The molecule has 2 atom stereocenters. The maximum Gasteiger partial charge on any atom is 0.227 e. The highest BCUT2D eigenvalue weighted by Crippen LogP contribution is 2.22. The first-order valence-electron chi connectivity index (χ1n) is 10.8. The summed E-state index contributed by atoms with van der Waals surface area (Å²) in [5.41, 5.74) is 0.781. The van der Waals surface area contributed by atoms with Crippen LogP contribution in [0.1, 0.15) is 32.3 Å². The van der Waals surface area contributed by atoms with Crippen molar-refractivity contribution in [1.29, 1.82) is 5.26 Å². The summed E-state index contributed by atoms with van der Waals surface area (Å²) < 4.78 is 13.1. The lowest BCUT2D eigenvalue weighted by Gasteiger charge is -2.40. The SMILES string of the molecule is CC(C)C(C#N)N1CCN(C(=O)C2CCCN(C(=O)Cc3ccc(F)cc3)C2)CC1. The molecule has 0 aromatic heterocycles. The van der Waals surface area contributed by atoms with Crippen LogP contribution in [0.2, 0.25) is 0 Å². The van der Waals surface area contributed by atoms with E-state index in [0.29, 0.717) is 39.3 Å². The molecule has 7 heteroatoms. The predicted octanol–water partition coefficient (Wildman–Crippen LogP) is 2.30. The molecule has 1 aromatic carbocycles. The molecule has 1 aromatic rings. The molecule has 2 saturated heterocycles. The van der Waals surface area contributed by atoms with Gasteiger partial charge in [-0.05, 0) is 36.5 Å². The largest absolute Gasteiger partial charge is 0.342 e. The van der Waals surface area contributed by atoms with E-state index in [1.54, 1.807) is 17.0 Å². The maximum atomic E-state index is 13.1. The molecule has 6 nitrogen and oxygen atoms in total. The third kappa shape index (κ3) is 5.37. The molecule has 2 aliphatic rings. The average molecular weight is 415 g/mol. The topological polar surface area (TPSA) is 67.7 Å². The van der Waals surface area contributed by atoms with Gasteiger partial charge in [-0.1, -0.05) is 26.0 Å². The molecule has 162 valence electrons. The number of piperazine rings is 1. The molecule has 0 N–H and O–H groups in total. The Morgan fingerprint density at radius 3 is 2.37 bits per heavy atom. The molecular formula is C23H31FN4O2. The van der Waals surface area contributed by atoms with Crippen molar-refractivity contribution in [3.63, 3.8) is 0 Å². The average Bonchev–Trinajstić information content (AvgIpc) is 2.75. The Hall–Kier alpha value is -2.46. The smallest absolute Gasteiger partial charge is 0.227 e. The molecule has 30 heavy (non-hydrogen) atoms. The highest BCUT2D eigenvalue weighted by atomic mass is 19.1. The number of carbonyl (C=O) groups is 2. The molecule has 2 amide bonds. The molecule has 0 spiro atoms. The number of hydrogen-bond acceptors (Lipinski definition) is 4. The lowest BCUT2D eigenvalue weighted by atomic mass is 9.95. The van der Waals surface area contributed by atoms with Crippen LogP contribution >= 0.6 is 0 Å². The Morgan fingerprint density at radius 2 is 1.77 bits per heavy atom. The number of benzene rings is 1. The molecule has 2 unspecified atom stereocenters. The standard InChI is InChI=1S/C23H31FN4O2/c1-17(2)21(15-25)26-10-12-27(13-11-26)23(30)19-4-3-9-28(16-19)22(29)14-18-5-7-20(24)8-6-18/h5-8,17,19,21H,3-4,9-14,16H2,1-2H3. The summed E-state index contributed by atoms with van der Waals surface area (Å²) in [6.45, 7) is 7.88. The van der Waals surface area contributed by atoms with Crippen LogP contribution in [0.3, 0.4) is 0 Å². The van der Waals surface area contributed by atoms with Crippen LogP contribution in [0.15, 0.2) is 24.3 Å². The Balaban J connectivity index is 1.52. The summed E-state index contributed by atoms with van der Waals surface area (Å²) in [5, 5.41) is 9.40. The first-order valence-corrected chi connectivity index (χ1v) is 10.8. The van der Waals surface area contributed by atoms with Crippen molar-refractivity contribution >= 4 is 11.8 Å². The van der Waals surface area contributed by atoms with E-state index in [1.165, 1.54) is 12.1 Å². The van der Waals surface area contributed by atoms with Crippen molar-refractivity contribution in [3.05, 3.63) is 35.6 Å². The molecule has 2 heterocycles. The van der Waals surface area contributed by atoms with Gasteiger partial charge in [0, 0.05) is 39.3 Å². The number of nitrogens with zero attached hydrogens (tertiary/aromatic N) is 4. The number of amides is 2. The minimum atomic E-state index is -0.315. The van der Waals surface area contributed by atoms with Crippen LogP contribution in [0, 0.1) is 29.0 Å². The van der Waals surface area contributed by atoms with E-state index < -0.39 is 0 Å². The lowest BCUT2D eigenvalue weighted by molar-refractivity contribution is -0.142. The van der Waals surface area contributed by atoms with Gasteiger partial charge >= 0.3 is 0 Å². The van der Waals surface area contributed by atoms with Crippen LogP contribution in [0.4, 0.5) is 4.39 Å². The second-order valence-corrected chi connectivity index (χ2v) is 8.66. The van der Waals surface area contributed by atoms with E-state index in [1.807, 2.05) is 18.7 Å². The second-order valence-electron chi connectivity index (χ2n) is 8.66. The Labute approximate surface area is 178 Å². The predicted molar refractivity (Wildman–Crippen MR) is 112 cm³/mol. The van der Waals surface area contributed by atoms with Gasteiger partial charge in [-0.15, -0.1) is 0 Å². The minimum Gasteiger partial charge on any atom is -0.342 e. The number of piperidine rings is 1. The summed E-state index contributed by atoms with van der Waals surface area (Å²) in [6.07, 6.45) is 1.84. The summed E-state index contributed by atoms with van der Waals surface area (Å²) in [5.74, 6) is -0.121. The zero-order chi connectivity index (χ0) is 21.7. The van der Waals surface area contributed by atoms with Crippen molar-refractivity contribution in [1.82, 2.24) is 14.7 Å². The Kier molecular flexibility index (Phi) is 7.43. The normalized spacial score (nSPS) is 21.4. The Bertz CT molecular complexity index is 781. The van der Waals surface area contributed by atoms with E-state index in [2.05, 4.69) is 11.0 Å². The third-order valence-electron chi connectivity index (χ3n) is 6.18. The van der Waals surface area contributed by atoms with Crippen LogP contribution in [0.25, 0.3) is 0 Å². The van der Waals surface area contributed by atoms with Crippen LogP contribution in [-0.2, 0) is 16.0 Å². The van der Waals surface area contributed by atoms with Gasteiger partial charge < -0.3 is 9.80 Å². The molecule has 2 aliphatic heterocycles. The lowest BCUT2D eigenvalue weighted by Crippen LogP contribution is -2.55. The van der Waals surface area contributed by atoms with Gasteiger partial charge in [0.1, 0.15) is 11.9 Å². The van der Waals surface area contributed by atoms with Gasteiger partial charge in [-0.25, -0.2) is 4.39 Å². The number of nitriles is 1. The number of hydrogen-bond donors (Lipinski definition) is 0. The van der Waals surface area contributed by atoms with Gasteiger partial charge in [0.15, 0.2) is 0 Å². The van der Waals surface area contributed by atoms with E-state index in [4.69, 9.17) is 0 Å². The van der Waals surface area contributed by atoms with E-state index in [0.717, 1.165) is 18.4 Å². The van der Waals surface area contributed by atoms with Crippen LogP contribution < -0.4 is 0 Å². The summed E-state index contributed by atoms with van der Waals surface area (Å²) >= 11 is 0. The van der Waals surface area contributed by atoms with Gasteiger partial charge in [0.2, 0.25) is 11.8 Å². The van der Waals surface area contributed by atoms with Crippen molar-refractivity contribution in [2.75, 3.05) is 39.3 Å². The summed E-state index contributed by atoms with van der Waals surface area (Å²) in [6, 6.07) is 8.25. The molecule has 3 rings (SSSR count). The maximum absolute atomic E-state index is 13.1. The molecule has 2 fully saturated rings. The van der Waals surface area contributed by atoms with Crippen molar-refractivity contribution in [2.45, 2.75) is 39.2 Å². The van der Waals surface area contributed by atoms with Gasteiger partial charge in [0.25, 0.3) is 0 Å². The number of halogens is 1. The van der Waals surface area contributed by atoms with Crippen molar-refractivity contribution < 1.29 is 14.0 Å². The van der Waals surface area contributed by atoms with E-state index in [-0.39, 0.29) is 41.9 Å². The monoisotopic (exact) mass is 414 g/mol. The molecule has 0 aliphatic carbocycles.